The molecule has 3 heteroatoms. The molecule has 1 unspecified atom stereocenters. The highest BCUT2D eigenvalue weighted by Crippen LogP contribution is 2.27. The van der Waals surface area contributed by atoms with Crippen molar-refractivity contribution in [2.24, 2.45) is 5.92 Å². The third-order valence-electron chi connectivity index (χ3n) is 2.51. The predicted octanol–water partition coefficient (Wildman–Crippen LogP) is 3.94. The Kier molecular flexibility index (Phi) is 5.44. The molecule has 0 aliphatic carbocycles. The zero-order valence-corrected chi connectivity index (χ0v) is 10.4. The van der Waals surface area contributed by atoms with Crippen molar-refractivity contribution in [3.8, 4) is 0 Å². The Labute approximate surface area is 101 Å². The normalized spacial score (nSPS) is 12.8. The fourth-order valence-electron chi connectivity index (χ4n) is 1.68. The first kappa shape index (κ1) is 12.8. The van der Waals surface area contributed by atoms with Crippen LogP contribution in [0.5, 0.6) is 0 Å². The molecule has 0 fully saturated rings. The Morgan fingerprint density at radius 3 is 2.33 bits per heavy atom. The van der Waals surface area contributed by atoms with Gasteiger partial charge in [-0.2, -0.15) is 0 Å². The van der Waals surface area contributed by atoms with Gasteiger partial charge in [-0.1, -0.05) is 42.6 Å². The second-order valence-electron chi connectivity index (χ2n) is 3.74. The maximum absolute atomic E-state index is 9.21. The standard InChI is InChI=1S/C12H16Cl2O/c1-2-4-9(8-15)7-10-11(13)5-3-6-12(10)14/h3,5-6,9,15H,2,4,7-8H2,1H3. The van der Waals surface area contributed by atoms with Crippen molar-refractivity contribution in [3.05, 3.63) is 33.8 Å². The van der Waals surface area contributed by atoms with Crippen LogP contribution in [0.1, 0.15) is 25.3 Å². The molecule has 1 rings (SSSR count). The zero-order valence-electron chi connectivity index (χ0n) is 8.84. The minimum atomic E-state index is 0.190. The van der Waals surface area contributed by atoms with Crippen LogP contribution in [0.15, 0.2) is 18.2 Å². The van der Waals surface area contributed by atoms with Gasteiger partial charge in [-0.05, 0) is 36.5 Å². The number of aliphatic hydroxyl groups excluding tert-OH is 1. The van der Waals surface area contributed by atoms with Crippen LogP contribution in [0.25, 0.3) is 0 Å². The van der Waals surface area contributed by atoms with Gasteiger partial charge in [0, 0.05) is 16.7 Å². The van der Waals surface area contributed by atoms with Crippen LogP contribution in [-0.4, -0.2) is 11.7 Å². The summed E-state index contributed by atoms with van der Waals surface area (Å²) in [6.07, 6.45) is 2.81. The molecule has 0 aromatic heterocycles. The second kappa shape index (κ2) is 6.37. The molecular formula is C12H16Cl2O. The van der Waals surface area contributed by atoms with Gasteiger partial charge in [0.1, 0.15) is 0 Å². The lowest BCUT2D eigenvalue weighted by Crippen LogP contribution is -2.09. The number of rotatable bonds is 5. The number of hydrogen-bond donors (Lipinski definition) is 1. The van der Waals surface area contributed by atoms with Crippen LogP contribution >= 0.6 is 23.2 Å². The van der Waals surface area contributed by atoms with Crippen LogP contribution in [0, 0.1) is 5.92 Å². The number of hydrogen-bond acceptors (Lipinski definition) is 1. The van der Waals surface area contributed by atoms with Gasteiger partial charge in [0.15, 0.2) is 0 Å². The van der Waals surface area contributed by atoms with Gasteiger partial charge in [-0.15, -0.1) is 0 Å². The first-order chi connectivity index (χ1) is 7.19. The third-order valence-corrected chi connectivity index (χ3v) is 3.22. The maximum atomic E-state index is 9.21. The van der Waals surface area contributed by atoms with Crippen molar-refractivity contribution in [2.45, 2.75) is 26.2 Å². The molecule has 0 aliphatic heterocycles. The molecule has 1 nitrogen and oxygen atoms in total. The summed E-state index contributed by atoms with van der Waals surface area (Å²) in [6.45, 7) is 2.30. The second-order valence-corrected chi connectivity index (χ2v) is 4.56. The molecule has 0 saturated heterocycles. The van der Waals surface area contributed by atoms with E-state index in [9.17, 15) is 5.11 Å². The van der Waals surface area contributed by atoms with Crippen LogP contribution in [0.3, 0.4) is 0 Å². The number of halogens is 2. The highest BCUT2D eigenvalue weighted by molar-refractivity contribution is 6.35. The van der Waals surface area contributed by atoms with E-state index in [4.69, 9.17) is 23.2 Å². The van der Waals surface area contributed by atoms with E-state index >= 15 is 0 Å². The van der Waals surface area contributed by atoms with Crippen LogP contribution in [0.2, 0.25) is 10.0 Å². The third kappa shape index (κ3) is 3.67. The van der Waals surface area contributed by atoms with E-state index < -0.39 is 0 Å². The molecule has 1 N–H and O–H groups in total. The lowest BCUT2D eigenvalue weighted by atomic mass is 9.96. The molecular weight excluding hydrogens is 231 g/mol. The fraction of sp³-hybridized carbons (Fsp3) is 0.500. The minimum absolute atomic E-state index is 0.190. The topological polar surface area (TPSA) is 20.2 Å². The average Bonchev–Trinajstić information content (AvgIpc) is 2.22. The van der Waals surface area contributed by atoms with Crippen molar-refractivity contribution in [1.82, 2.24) is 0 Å². The van der Waals surface area contributed by atoms with Crippen LogP contribution in [0.4, 0.5) is 0 Å². The molecule has 1 aromatic carbocycles. The van der Waals surface area contributed by atoms with Gasteiger partial charge < -0.3 is 5.11 Å². The molecule has 1 atom stereocenters. The van der Waals surface area contributed by atoms with Gasteiger partial charge in [0.05, 0.1) is 0 Å². The zero-order chi connectivity index (χ0) is 11.3. The van der Waals surface area contributed by atoms with Gasteiger partial charge in [-0.25, -0.2) is 0 Å². The van der Waals surface area contributed by atoms with Gasteiger partial charge in [-0.3, -0.25) is 0 Å². The molecule has 84 valence electrons. The molecule has 1 aromatic rings. The van der Waals surface area contributed by atoms with E-state index in [0.717, 1.165) is 24.8 Å². The Morgan fingerprint density at radius 2 is 1.87 bits per heavy atom. The Bertz CT molecular complexity index is 292. The quantitative estimate of drug-likeness (QED) is 0.835. The van der Waals surface area contributed by atoms with Crippen molar-refractivity contribution in [3.63, 3.8) is 0 Å². The Morgan fingerprint density at radius 1 is 1.27 bits per heavy atom. The highest BCUT2D eigenvalue weighted by Gasteiger charge is 2.12. The van der Waals surface area contributed by atoms with Crippen molar-refractivity contribution >= 4 is 23.2 Å². The van der Waals surface area contributed by atoms with E-state index in [-0.39, 0.29) is 12.5 Å². The highest BCUT2D eigenvalue weighted by atomic mass is 35.5. The summed E-state index contributed by atoms with van der Waals surface area (Å²) in [5, 5.41) is 10.6. The molecule has 0 aliphatic rings. The maximum Gasteiger partial charge on any atom is 0.0462 e. The lowest BCUT2D eigenvalue weighted by molar-refractivity contribution is 0.217. The molecule has 0 heterocycles. The predicted molar refractivity (Wildman–Crippen MR) is 65.6 cm³/mol. The Hall–Kier alpha value is -0.240. The van der Waals surface area contributed by atoms with Crippen molar-refractivity contribution < 1.29 is 5.11 Å². The minimum Gasteiger partial charge on any atom is -0.396 e. The number of benzene rings is 1. The first-order valence-corrected chi connectivity index (χ1v) is 5.98. The summed E-state index contributed by atoms with van der Waals surface area (Å²) in [7, 11) is 0. The van der Waals surface area contributed by atoms with Gasteiger partial charge in [0.2, 0.25) is 0 Å². The van der Waals surface area contributed by atoms with E-state index in [0.29, 0.717) is 10.0 Å². The summed E-state index contributed by atoms with van der Waals surface area (Å²) in [5.41, 5.74) is 0.952. The van der Waals surface area contributed by atoms with Crippen LogP contribution < -0.4 is 0 Å². The summed E-state index contributed by atoms with van der Waals surface area (Å²) < 4.78 is 0. The summed E-state index contributed by atoms with van der Waals surface area (Å²) in [4.78, 5) is 0. The lowest BCUT2D eigenvalue weighted by Gasteiger charge is -2.15. The summed E-state index contributed by atoms with van der Waals surface area (Å²) >= 11 is 12.1. The van der Waals surface area contributed by atoms with E-state index in [1.165, 1.54) is 0 Å². The smallest absolute Gasteiger partial charge is 0.0462 e. The van der Waals surface area contributed by atoms with E-state index in [2.05, 4.69) is 6.92 Å². The van der Waals surface area contributed by atoms with Gasteiger partial charge >= 0.3 is 0 Å². The SMILES string of the molecule is CCCC(CO)Cc1c(Cl)cccc1Cl. The number of aliphatic hydroxyl groups is 1. The molecule has 0 saturated carbocycles. The molecule has 0 radical (unpaired) electrons. The molecule has 0 bridgehead atoms. The summed E-state index contributed by atoms with van der Waals surface area (Å²) in [5.74, 6) is 0.257. The first-order valence-electron chi connectivity index (χ1n) is 5.22. The average molecular weight is 247 g/mol. The Balaban J connectivity index is 2.78. The van der Waals surface area contributed by atoms with Crippen molar-refractivity contribution in [1.29, 1.82) is 0 Å². The largest absolute Gasteiger partial charge is 0.396 e. The van der Waals surface area contributed by atoms with Crippen molar-refractivity contribution in [2.75, 3.05) is 6.61 Å². The molecule has 0 spiro atoms. The van der Waals surface area contributed by atoms with Gasteiger partial charge in [0.25, 0.3) is 0 Å². The fourth-order valence-corrected chi connectivity index (χ4v) is 2.23. The molecule has 0 amide bonds. The molecule has 15 heavy (non-hydrogen) atoms. The van der Waals surface area contributed by atoms with E-state index in [1.807, 2.05) is 18.2 Å². The van der Waals surface area contributed by atoms with Crippen LogP contribution in [-0.2, 0) is 6.42 Å². The summed E-state index contributed by atoms with van der Waals surface area (Å²) in [6, 6.07) is 5.51. The van der Waals surface area contributed by atoms with E-state index in [1.54, 1.807) is 0 Å². The monoisotopic (exact) mass is 246 g/mol.